The summed E-state index contributed by atoms with van der Waals surface area (Å²) in [7, 11) is 1.82. The van der Waals surface area contributed by atoms with Gasteiger partial charge in [0.2, 0.25) is 0 Å². The van der Waals surface area contributed by atoms with Crippen LogP contribution in [0.15, 0.2) is 45.9 Å². The SMILES string of the molecule is Cc1ccc(N/N=C\C=N)c(C(=O)N(CCN(C)c2nc3cc(Cl)ccc3o2)C(C)CC=O)c1. The lowest BCUT2D eigenvalue weighted by atomic mass is 10.1. The number of rotatable bonds is 11. The molecule has 9 nitrogen and oxygen atoms in total. The first kappa shape index (κ1) is 24.9. The van der Waals surface area contributed by atoms with Crippen LogP contribution in [0.25, 0.3) is 11.1 Å². The first-order valence-corrected chi connectivity index (χ1v) is 11.1. The summed E-state index contributed by atoms with van der Waals surface area (Å²) in [5.41, 5.74) is 5.94. The molecule has 0 radical (unpaired) electrons. The number of carbonyl (C=O) groups excluding carboxylic acids is 2. The molecule has 1 atom stereocenters. The molecule has 0 aliphatic rings. The van der Waals surface area contributed by atoms with Crippen molar-refractivity contribution in [2.24, 2.45) is 5.10 Å². The second-order valence-corrected chi connectivity index (χ2v) is 8.32. The number of amides is 1. The van der Waals surface area contributed by atoms with Crippen molar-refractivity contribution in [2.45, 2.75) is 26.3 Å². The molecule has 0 spiro atoms. The average Bonchev–Trinajstić information content (AvgIpc) is 3.23. The lowest BCUT2D eigenvalue weighted by Gasteiger charge is -2.30. The molecule has 0 saturated heterocycles. The van der Waals surface area contributed by atoms with Gasteiger partial charge >= 0.3 is 0 Å². The van der Waals surface area contributed by atoms with E-state index < -0.39 is 0 Å². The van der Waals surface area contributed by atoms with E-state index in [1.165, 1.54) is 6.21 Å². The van der Waals surface area contributed by atoms with Crippen LogP contribution in [0.1, 0.15) is 29.3 Å². The summed E-state index contributed by atoms with van der Waals surface area (Å²) in [6.45, 7) is 4.49. The maximum atomic E-state index is 13.6. The van der Waals surface area contributed by atoms with Crippen LogP contribution in [-0.2, 0) is 4.79 Å². The molecule has 0 saturated carbocycles. The summed E-state index contributed by atoms with van der Waals surface area (Å²) in [5, 5.41) is 11.6. The van der Waals surface area contributed by atoms with Gasteiger partial charge in [0.25, 0.3) is 11.9 Å². The minimum atomic E-state index is -0.320. The number of benzene rings is 2. The molecule has 178 valence electrons. The summed E-state index contributed by atoms with van der Waals surface area (Å²) in [5.74, 6) is -0.233. The molecule has 0 fully saturated rings. The van der Waals surface area contributed by atoms with Gasteiger partial charge in [0.1, 0.15) is 11.8 Å². The van der Waals surface area contributed by atoms with Crippen molar-refractivity contribution in [2.75, 3.05) is 30.5 Å². The molecule has 1 aromatic heterocycles. The van der Waals surface area contributed by atoms with Gasteiger partial charge in [-0.1, -0.05) is 23.2 Å². The fourth-order valence-corrected chi connectivity index (χ4v) is 3.59. The molecule has 3 aromatic rings. The lowest BCUT2D eigenvalue weighted by molar-refractivity contribution is -0.108. The van der Waals surface area contributed by atoms with Crippen molar-refractivity contribution >= 4 is 59.0 Å². The fraction of sp³-hybridized carbons (Fsp3) is 0.292. The highest BCUT2D eigenvalue weighted by Crippen LogP contribution is 2.25. The fourth-order valence-electron chi connectivity index (χ4n) is 3.42. The lowest BCUT2D eigenvalue weighted by Crippen LogP contribution is -2.43. The number of anilines is 2. The van der Waals surface area contributed by atoms with Crippen molar-refractivity contribution in [3.63, 3.8) is 0 Å². The van der Waals surface area contributed by atoms with E-state index in [1.807, 2.05) is 31.9 Å². The number of hydrogen-bond donors (Lipinski definition) is 2. The van der Waals surface area contributed by atoms with Crippen molar-refractivity contribution in [3.8, 4) is 0 Å². The van der Waals surface area contributed by atoms with Gasteiger partial charge in [-0.25, -0.2) is 0 Å². The maximum Gasteiger partial charge on any atom is 0.298 e. The molecule has 3 rings (SSSR count). The average molecular weight is 483 g/mol. The van der Waals surface area contributed by atoms with Gasteiger partial charge < -0.3 is 24.4 Å². The van der Waals surface area contributed by atoms with Crippen LogP contribution < -0.4 is 10.3 Å². The Balaban J connectivity index is 1.83. The van der Waals surface area contributed by atoms with Crippen molar-refractivity contribution in [1.82, 2.24) is 9.88 Å². The minimum Gasteiger partial charge on any atom is -0.423 e. The van der Waals surface area contributed by atoms with Gasteiger partial charge in [-0.2, -0.15) is 10.1 Å². The molecule has 2 N–H and O–H groups in total. The van der Waals surface area contributed by atoms with Crippen LogP contribution in [-0.4, -0.2) is 60.7 Å². The number of hydrogen-bond acceptors (Lipinski definition) is 8. The number of likely N-dealkylation sites (N-methyl/N-ethyl adjacent to an activating group) is 1. The molecule has 10 heteroatoms. The molecular weight excluding hydrogens is 456 g/mol. The largest absolute Gasteiger partial charge is 0.423 e. The molecule has 0 aliphatic carbocycles. The summed E-state index contributed by atoms with van der Waals surface area (Å²) >= 11 is 6.04. The summed E-state index contributed by atoms with van der Waals surface area (Å²) in [6.07, 6.45) is 3.33. The summed E-state index contributed by atoms with van der Waals surface area (Å²) < 4.78 is 5.81. The maximum absolute atomic E-state index is 13.6. The smallest absolute Gasteiger partial charge is 0.298 e. The highest BCUT2D eigenvalue weighted by molar-refractivity contribution is 6.31. The Labute approximate surface area is 202 Å². The van der Waals surface area contributed by atoms with Gasteiger partial charge in [-0.3, -0.25) is 10.2 Å². The number of halogens is 1. The number of aldehydes is 1. The van der Waals surface area contributed by atoms with Crippen LogP contribution in [0, 0.1) is 12.3 Å². The molecule has 34 heavy (non-hydrogen) atoms. The van der Waals surface area contributed by atoms with Gasteiger partial charge in [-0.05, 0) is 44.2 Å². The Morgan fingerprint density at radius 3 is 2.82 bits per heavy atom. The van der Waals surface area contributed by atoms with Crippen LogP contribution in [0.3, 0.4) is 0 Å². The van der Waals surface area contributed by atoms with E-state index in [2.05, 4.69) is 15.5 Å². The minimum absolute atomic E-state index is 0.206. The Morgan fingerprint density at radius 2 is 2.09 bits per heavy atom. The van der Waals surface area contributed by atoms with Gasteiger partial charge in [0, 0.05) is 43.8 Å². The van der Waals surface area contributed by atoms with E-state index >= 15 is 0 Å². The van der Waals surface area contributed by atoms with E-state index in [9.17, 15) is 9.59 Å². The van der Waals surface area contributed by atoms with Gasteiger partial charge in [0.15, 0.2) is 5.58 Å². The molecule has 2 aromatic carbocycles. The van der Waals surface area contributed by atoms with Crippen LogP contribution in [0.4, 0.5) is 11.7 Å². The number of hydrazone groups is 1. The van der Waals surface area contributed by atoms with E-state index in [0.717, 1.165) is 18.1 Å². The highest BCUT2D eigenvalue weighted by Gasteiger charge is 2.25. The number of fused-ring (bicyclic) bond motifs is 1. The Bertz CT molecular complexity index is 1210. The highest BCUT2D eigenvalue weighted by atomic mass is 35.5. The van der Waals surface area contributed by atoms with Crippen molar-refractivity contribution < 1.29 is 14.0 Å². The Hall–Kier alpha value is -3.72. The molecule has 1 unspecified atom stereocenters. The third kappa shape index (κ3) is 5.99. The topological polar surface area (TPSA) is 115 Å². The van der Waals surface area contributed by atoms with E-state index in [-0.39, 0.29) is 18.4 Å². The number of aryl methyl sites for hydroxylation is 1. The third-order valence-electron chi connectivity index (χ3n) is 5.31. The molecule has 0 aliphatic heterocycles. The Kier molecular flexibility index (Phi) is 8.37. The summed E-state index contributed by atoms with van der Waals surface area (Å²) in [4.78, 5) is 32.8. The van der Waals surface area contributed by atoms with E-state index in [4.69, 9.17) is 21.4 Å². The van der Waals surface area contributed by atoms with Crippen molar-refractivity contribution in [3.05, 3.63) is 52.5 Å². The quantitative estimate of drug-likeness (QED) is 0.238. The number of oxazole rings is 1. The first-order chi connectivity index (χ1) is 16.3. The number of nitrogens with one attached hydrogen (secondary N) is 2. The van der Waals surface area contributed by atoms with Gasteiger partial charge in [-0.15, -0.1) is 0 Å². The number of carbonyl (C=O) groups is 2. The normalized spacial score (nSPS) is 12.0. The second kappa shape index (κ2) is 11.4. The first-order valence-electron chi connectivity index (χ1n) is 10.7. The summed E-state index contributed by atoms with van der Waals surface area (Å²) in [6, 6.07) is 10.7. The molecule has 0 bridgehead atoms. The van der Waals surface area contributed by atoms with Crippen LogP contribution >= 0.6 is 11.6 Å². The number of nitrogens with zero attached hydrogens (tertiary/aromatic N) is 4. The molecule has 1 heterocycles. The Morgan fingerprint density at radius 1 is 1.29 bits per heavy atom. The van der Waals surface area contributed by atoms with Gasteiger partial charge in [0.05, 0.1) is 17.5 Å². The van der Waals surface area contributed by atoms with E-state index in [0.29, 0.717) is 46.5 Å². The zero-order valence-corrected chi connectivity index (χ0v) is 20.0. The predicted molar refractivity (Wildman–Crippen MR) is 136 cm³/mol. The second-order valence-electron chi connectivity index (χ2n) is 7.89. The predicted octanol–water partition coefficient (Wildman–Crippen LogP) is 4.39. The standard InChI is InChI=1S/C24H27ClN6O3/c1-16-4-6-20(29-27-10-9-26)19(14-16)23(33)31(17(2)8-13-32)12-11-30(3)24-28-21-15-18(25)5-7-22(21)34-24/h4-7,9-10,13-15,17,26,29H,8,11-12H2,1-3H3/b26-9?,27-10-. The van der Waals surface area contributed by atoms with Crippen molar-refractivity contribution in [1.29, 1.82) is 5.41 Å². The zero-order valence-electron chi connectivity index (χ0n) is 19.3. The van der Waals surface area contributed by atoms with Crippen LogP contribution in [0.2, 0.25) is 5.02 Å². The number of aromatic nitrogens is 1. The molecule has 1 amide bonds. The van der Waals surface area contributed by atoms with Crippen LogP contribution in [0.5, 0.6) is 0 Å². The molecular formula is C24H27ClN6O3. The van der Waals surface area contributed by atoms with E-state index in [1.54, 1.807) is 35.2 Å². The third-order valence-corrected chi connectivity index (χ3v) is 5.55. The zero-order chi connectivity index (χ0) is 24.7. The monoisotopic (exact) mass is 482 g/mol.